The highest BCUT2D eigenvalue weighted by Gasteiger charge is 2.10. The van der Waals surface area contributed by atoms with E-state index in [-0.39, 0.29) is 11.3 Å². The molecule has 0 unspecified atom stereocenters. The molecule has 0 amide bonds. The second-order valence-electron chi connectivity index (χ2n) is 3.34. The van der Waals surface area contributed by atoms with Gasteiger partial charge in [-0.25, -0.2) is 0 Å². The van der Waals surface area contributed by atoms with E-state index in [2.05, 4.69) is 4.98 Å². The third-order valence-electron chi connectivity index (χ3n) is 2.25. The topological polar surface area (TPSA) is 76.9 Å². The zero-order valence-corrected chi connectivity index (χ0v) is 8.03. The Morgan fingerprint density at radius 2 is 2.20 bits per heavy atom. The van der Waals surface area contributed by atoms with Crippen molar-refractivity contribution >= 4 is 10.9 Å². The van der Waals surface area contributed by atoms with E-state index in [1.54, 1.807) is 18.2 Å². The van der Waals surface area contributed by atoms with Crippen molar-refractivity contribution < 1.29 is 5.11 Å². The van der Waals surface area contributed by atoms with E-state index in [0.717, 1.165) is 5.56 Å². The molecular weight excluding hydrogens is 192 g/mol. The zero-order valence-electron chi connectivity index (χ0n) is 8.03. The van der Waals surface area contributed by atoms with Gasteiger partial charge >= 0.3 is 0 Å². The fourth-order valence-corrected chi connectivity index (χ4v) is 1.50. The Labute approximate surface area is 85.4 Å². The Morgan fingerprint density at radius 3 is 2.87 bits per heavy atom. The molecule has 0 radical (unpaired) electrons. The normalized spacial score (nSPS) is 10.1. The van der Waals surface area contributed by atoms with Crippen molar-refractivity contribution in [2.75, 3.05) is 0 Å². The summed E-state index contributed by atoms with van der Waals surface area (Å²) in [6.07, 6.45) is 0. The number of nitriles is 1. The van der Waals surface area contributed by atoms with E-state index in [4.69, 9.17) is 5.26 Å². The van der Waals surface area contributed by atoms with E-state index in [9.17, 15) is 9.90 Å². The van der Waals surface area contributed by atoms with Gasteiger partial charge in [0.1, 0.15) is 11.8 Å². The molecule has 15 heavy (non-hydrogen) atoms. The summed E-state index contributed by atoms with van der Waals surface area (Å²) in [5.74, 6) is -0.253. The van der Waals surface area contributed by atoms with Crippen molar-refractivity contribution in [1.82, 2.24) is 4.98 Å². The maximum absolute atomic E-state index is 11.4. The minimum Gasteiger partial charge on any atom is -0.506 e. The number of pyridine rings is 1. The van der Waals surface area contributed by atoms with Crippen molar-refractivity contribution in [3.05, 3.63) is 39.7 Å². The maximum atomic E-state index is 11.4. The molecule has 2 aromatic rings. The average Bonchev–Trinajstić information content (AvgIpc) is 2.17. The molecule has 74 valence electrons. The summed E-state index contributed by atoms with van der Waals surface area (Å²) >= 11 is 0. The number of aromatic hydroxyl groups is 1. The molecule has 4 heteroatoms. The fourth-order valence-electron chi connectivity index (χ4n) is 1.50. The molecule has 1 heterocycles. The molecule has 0 aliphatic carbocycles. The first-order chi connectivity index (χ1) is 7.13. The van der Waals surface area contributed by atoms with Crippen LogP contribution >= 0.6 is 0 Å². The van der Waals surface area contributed by atoms with Gasteiger partial charge in [0.15, 0.2) is 5.56 Å². The molecule has 0 spiro atoms. The minimum absolute atomic E-state index is 0.244. The first-order valence-corrected chi connectivity index (χ1v) is 4.39. The second kappa shape index (κ2) is 3.14. The molecule has 0 atom stereocenters. The molecule has 4 nitrogen and oxygen atoms in total. The third kappa shape index (κ3) is 1.34. The van der Waals surface area contributed by atoms with Crippen LogP contribution in [0.2, 0.25) is 0 Å². The van der Waals surface area contributed by atoms with Gasteiger partial charge in [-0.15, -0.1) is 0 Å². The highest BCUT2D eigenvalue weighted by atomic mass is 16.3. The number of aromatic amines is 1. The van der Waals surface area contributed by atoms with Crippen LogP contribution in [0.3, 0.4) is 0 Å². The lowest BCUT2D eigenvalue weighted by atomic mass is 10.1. The molecular formula is C11H8N2O2. The van der Waals surface area contributed by atoms with E-state index in [1.807, 2.05) is 13.0 Å². The summed E-state index contributed by atoms with van der Waals surface area (Å²) < 4.78 is 0. The number of H-pyrrole nitrogens is 1. The first kappa shape index (κ1) is 9.28. The van der Waals surface area contributed by atoms with Crippen LogP contribution in [0.1, 0.15) is 11.1 Å². The number of nitrogens with one attached hydrogen (secondary N) is 1. The molecule has 0 saturated carbocycles. The predicted molar refractivity (Wildman–Crippen MR) is 55.7 cm³/mol. The summed E-state index contributed by atoms with van der Waals surface area (Å²) in [4.78, 5) is 13.9. The average molecular weight is 200 g/mol. The van der Waals surface area contributed by atoms with Gasteiger partial charge in [0.2, 0.25) is 0 Å². The second-order valence-corrected chi connectivity index (χ2v) is 3.34. The molecule has 0 aliphatic rings. The van der Waals surface area contributed by atoms with Crippen LogP contribution in [0.25, 0.3) is 10.9 Å². The Kier molecular flexibility index (Phi) is 1.94. The van der Waals surface area contributed by atoms with Crippen molar-refractivity contribution in [3.8, 4) is 11.8 Å². The van der Waals surface area contributed by atoms with Crippen molar-refractivity contribution in [2.45, 2.75) is 6.92 Å². The molecule has 1 aromatic carbocycles. The highest BCUT2D eigenvalue weighted by Crippen LogP contribution is 2.24. The maximum Gasteiger partial charge on any atom is 0.270 e. The van der Waals surface area contributed by atoms with Crippen LogP contribution in [-0.4, -0.2) is 10.1 Å². The predicted octanol–water partition coefficient (Wildman–Crippen LogP) is 1.41. The van der Waals surface area contributed by atoms with Crippen LogP contribution in [-0.2, 0) is 0 Å². The van der Waals surface area contributed by atoms with Crippen molar-refractivity contribution in [2.24, 2.45) is 0 Å². The summed E-state index contributed by atoms with van der Waals surface area (Å²) in [7, 11) is 0. The molecule has 0 saturated heterocycles. The number of fused-ring (bicyclic) bond motifs is 1. The molecule has 0 bridgehead atoms. The van der Waals surface area contributed by atoms with Gasteiger partial charge in [-0.05, 0) is 24.6 Å². The Bertz CT molecular complexity index is 635. The summed E-state index contributed by atoms with van der Waals surface area (Å²) in [5, 5.41) is 18.8. The first-order valence-electron chi connectivity index (χ1n) is 4.39. The number of hydrogen-bond acceptors (Lipinski definition) is 3. The highest BCUT2D eigenvalue weighted by molar-refractivity contribution is 5.87. The van der Waals surface area contributed by atoms with E-state index < -0.39 is 5.56 Å². The van der Waals surface area contributed by atoms with Gasteiger partial charge in [0, 0.05) is 5.39 Å². The number of aromatic nitrogens is 1. The van der Waals surface area contributed by atoms with Gasteiger partial charge in [-0.1, -0.05) is 6.07 Å². The minimum atomic E-state index is -0.562. The van der Waals surface area contributed by atoms with E-state index in [1.165, 1.54) is 0 Å². The smallest absolute Gasteiger partial charge is 0.270 e. The Hall–Kier alpha value is -2.28. The lowest BCUT2D eigenvalue weighted by molar-refractivity contribution is 0.478. The van der Waals surface area contributed by atoms with Crippen LogP contribution in [0, 0.1) is 18.3 Å². The van der Waals surface area contributed by atoms with Crippen LogP contribution in [0.15, 0.2) is 23.0 Å². The zero-order chi connectivity index (χ0) is 11.0. The van der Waals surface area contributed by atoms with Crippen molar-refractivity contribution in [1.29, 1.82) is 5.26 Å². The number of hydrogen-bond donors (Lipinski definition) is 2. The van der Waals surface area contributed by atoms with Crippen LogP contribution in [0.5, 0.6) is 5.75 Å². The van der Waals surface area contributed by atoms with Gasteiger partial charge in [-0.2, -0.15) is 5.26 Å². The Balaban J connectivity index is 2.99. The lowest BCUT2D eigenvalue weighted by Gasteiger charge is -2.02. The molecule has 1 aromatic heterocycles. The number of benzene rings is 1. The standard InChI is InChI=1S/C11H8N2O2/c1-6-2-3-7-9(4-6)13-11(15)8(5-12)10(7)14/h2-4H,1H3,(H2,13,14,15). The number of nitrogens with zero attached hydrogens (tertiary/aromatic N) is 1. The molecule has 2 N–H and O–H groups in total. The Morgan fingerprint density at radius 1 is 1.47 bits per heavy atom. The van der Waals surface area contributed by atoms with Gasteiger partial charge in [-0.3, -0.25) is 4.79 Å². The van der Waals surface area contributed by atoms with Crippen LogP contribution < -0.4 is 5.56 Å². The lowest BCUT2D eigenvalue weighted by Crippen LogP contribution is -2.10. The van der Waals surface area contributed by atoms with E-state index >= 15 is 0 Å². The SMILES string of the molecule is Cc1ccc2c(O)c(C#N)c(=O)[nH]c2c1. The summed E-state index contributed by atoms with van der Waals surface area (Å²) in [5.41, 5.74) is 0.707. The summed E-state index contributed by atoms with van der Waals surface area (Å²) in [6, 6.07) is 6.91. The molecule has 0 aliphatic heterocycles. The fraction of sp³-hybridized carbons (Fsp3) is 0.0909. The van der Waals surface area contributed by atoms with E-state index in [0.29, 0.717) is 10.9 Å². The van der Waals surface area contributed by atoms with Gasteiger partial charge in [0.25, 0.3) is 5.56 Å². The van der Waals surface area contributed by atoms with Gasteiger partial charge < -0.3 is 10.1 Å². The quantitative estimate of drug-likeness (QED) is 0.675. The molecule has 2 rings (SSSR count). The van der Waals surface area contributed by atoms with Crippen LogP contribution in [0.4, 0.5) is 0 Å². The largest absolute Gasteiger partial charge is 0.506 e. The van der Waals surface area contributed by atoms with Gasteiger partial charge in [0.05, 0.1) is 5.52 Å². The number of aryl methyl sites for hydroxylation is 1. The van der Waals surface area contributed by atoms with Crippen molar-refractivity contribution in [3.63, 3.8) is 0 Å². The monoisotopic (exact) mass is 200 g/mol. The third-order valence-corrected chi connectivity index (χ3v) is 2.25. The number of rotatable bonds is 0. The molecule has 0 fully saturated rings. The summed E-state index contributed by atoms with van der Waals surface area (Å²) in [6.45, 7) is 1.88.